The van der Waals surface area contributed by atoms with E-state index in [0.29, 0.717) is 0 Å². The number of aryl methyl sites for hydroxylation is 1. The Labute approximate surface area is 142 Å². The van der Waals surface area contributed by atoms with Gasteiger partial charge < -0.3 is 4.74 Å². The zero-order valence-electron chi connectivity index (χ0n) is 12.9. The van der Waals surface area contributed by atoms with Gasteiger partial charge in [0.2, 0.25) is 6.10 Å². The molecule has 1 N–H and O–H groups in total. The zero-order chi connectivity index (χ0) is 18.7. The maximum absolute atomic E-state index is 13.1. The summed E-state index contributed by atoms with van der Waals surface area (Å²) in [6, 6.07) is 11.9. The Hall–Kier alpha value is -2.55. The highest BCUT2D eigenvalue weighted by Gasteiger charge is 2.44. The first-order chi connectivity index (χ1) is 11.6. The molecular weight excluding hydrogens is 359 g/mol. The fraction of sp³-hybridized carbons (Fsp3) is 0.188. The topological polar surface area (TPSA) is 72.5 Å². The van der Waals surface area contributed by atoms with Crippen molar-refractivity contribution in [2.45, 2.75) is 24.1 Å². The Bertz CT molecular complexity index is 834. The molecule has 0 spiro atoms. The molecule has 2 rings (SSSR count). The second-order valence-corrected chi connectivity index (χ2v) is 6.84. The molecule has 0 radical (unpaired) electrons. The highest BCUT2D eigenvalue weighted by Crippen LogP contribution is 2.35. The lowest BCUT2D eigenvalue weighted by molar-refractivity contribution is -0.206. The van der Waals surface area contributed by atoms with E-state index in [-0.39, 0.29) is 10.5 Å². The molecule has 25 heavy (non-hydrogen) atoms. The van der Waals surface area contributed by atoms with Crippen molar-refractivity contribution in [2.75, 3.05) is 0 Å². The standard InChI is InChI=1S/C16H14F3NO4S/c1-11-7-9-13(10-8-11)25(22,23)20-15(21)24-14(16(17,18)19)12-5-3-2-4-6-12/h2-10,14H,1H3,(H,20,21). The molecule has 0 bridgehead atoms. The minimum absolute atomic E-state index is 0.265. The van der Waals surface area contributed by atoms with E-state index in [0.717, 1.165) is 17.7 Å². The van der Waals surface area contributed by atoms with Gasteiger partial charge in [-0.1, -0.05) is 48.0 Å². The Morgan fingerprint density at radius 1 is 1.04 bits per heavy atom. The van der Waals surface area contributed by atoms with Gasteiger partial charge in [0.25, 0.3) is 10.0 Å². The summed E-state index contributed by atoms with van der Waals surface area (Å²) in [5, 5.41) is 0. The van der Waals surface area contributed by atoms with Gasteiger partial charge in [-0.05, 0) is 19.1 Å². The third-order valence-corrected chi connectivity index (χ3v) is 4.50. The van der Waals surface area contributed by atoms with Crippen LogP contribution in [0.1, 0.15) is 17.2 Å². The first kappa shape index (κ1) is 18.8. The van der Waals surface area contributed by atoms with Crippen molar-refractivity contribution < 1.29 is 31.1 Å². The molecule has 5 nitrogen and oxygen atoms in total. The van der Waals surface area contributed by atoms with Crippen LogP contribution in [0.5, 0.6) is 0 Å². The number of hydrogen-bond donors (Lipinski definition) is 1. The number of rotatable bonds is 4. The molecule has 0 aliphatic carbocycles. The number of alkyl halides is 3. The van der Waals surface area contributed by atoms with Crippen LogP contribution >= 0.6 is 0 Å². The first-order valence-electron chi connectivity index (χ1n) is 7.01. The van der Waals surface area contributed by atoms with E-state index < -0.39 is 28.4 Å². The van der Waals surface area contributed by atoms with Crippen LogP contribution in [0.25, 0.3) is 0 Å². The molecule has 2 aromatic rings. The lowest BCUT2D eigenvalue weighted by atomic mass is 10.1. The van der Waals surface area contributed by atoms with E-state index in [2.05, 4.69) is 4.74 Å². The number of benzene rings is 2. The number of amides is 1. The monoisotopic (exact) mass is 373 g/mol. The van der Waals surface area contributed by atoms with Gasteiger partial charge in [0, 0.05) is 5.56 Å². The number of carbonyl (C=O) groups excluding carboxylic acids is 1. The van der Waals surface area contributed by atoms with Crippen LogP contribution in [-0.4, -0.2) is 20.7 Å². The number of sulfonamides is 1. The molecule has 2 aromatic carbocycles. The molecule has 0 fully saturated rings. The molecule has 1 atom stereocenters. The number of halogens is 3. The second kappa shape index (κ2) is 7.14. The largest absolute Gasteiger partial charge is 0.431 e. The Morgan fingerprint density at radius 3 is 2.12 bits per heavy atom. The van der Waals surface area contributed by atoms with Gasteiger partial charge in [-0.25, -0.2) is 17.9 Å². The van der Waals surface area contributed by atoms with Gasteiger partial charge in [0.15, 0.2) is 0 Å². The van der Waals surface area contributed by atoms with Gasteiger partial charge in [0.05, 0.1) is 4.90 Å². The number of nitrogens with one attached hydrogen (secondary N) is 1. The maximum Gasteiger partial charge on any atom is 0.429 e. The van der Waals surface area contributed by atoms with Gasteiger partial charge >= 0.3 is 12.3 Å². The predicted molar refractivity (Wildman–Crippen MR) is 83.2 cm³/mol. The predicted octanol–water partition coefficient (Wildman–Crippen LogP) is 3.71. The molecule has 134 valence electrons. The molecule has 0 heterocycles. The van der Waals surface area contributed by atoms with E-state index in [1.807, 2.05) is 0 Å². The van der Waals surface area contributed by atoms with E-state index in [1.54, 1.807) is 6.92 Å². The summed E-state index contributed by atoms with van der Waals surface area (Å²) in [7, 11) is -4.34. The summed E-state index contributed by atoms with van der Waals surface area (Å²) in [6.45, 7) is 1.73. The van der Waals surface area contributed by atoms with Crippen LogP contribution in [0.4, 0.5) is 18.0 Å². The van der Waals surface area contributed by atoms with Crippen molar-refractivity contribution in [2.24, 2.45) is 0 Å². The van der Waals surface area contributed by atoms with Crippen molar-refractivity contribution in [3.8, 4) is 0 Å². The minimum atomic E-state index is -4.90. The van der Waals surface area contributed by atoms with E-state index in [4.69, 9.17) is 0 Å². The summed E-state index contributed by atoms with van der Waals surface area (Å²) >= 11 is 0. The van der Waals surface area contributed by atoms with Crippen molar-refractivity contribution in [1.82, 2.24) is 4.72 Å². The third-order valence-electron chi connectivity index (χ3n) is 3.17. The minimum Gasteiger partial charge on any atom is -0.431 e. The van der Waals surface area contributed by atoms with Gasteiger partial charge in [-0.2, -0.15) is 13.2 Å². The lowest BCUT2D eigenvalue weighted by Crippen LogP contribution is -2.35. The Kier molecular flexibility index (Phi) is 5.36. The lowest BCUT2D eigenvalue weighted by Gasteiger charge is -2.21. The molecule has 0 saturated heterocycles. The summed E-state index contributed by atoms with van der Waals surface area (Å²) in [5.41, 5.74) is 0.459. The SMILES string of the molecule is Cc1ccc(S(=O)(=O)NC(=O)OC(c2ccccc2)C(F)(F)F)cc1. The van der Waals surface area contributed by atoms with Crippen molar-refractivity contribution in [1.29, 1.82) is 0 Å². The van der Waals surface area contributed by atoms with Crippen LogP contribution < -0.4 is 4.72 Å². The van der Waals surface area contributed by atoms with Crippen LogP contribution in [0.2, 0.25) is 0 Å². The molecule has 0 saturated carbocycles. The highest BCUT2D eigenvalue weighted by atomic mass is 32.2. The summed E-state index contributed by atoms with van der Waals surface area (Å²) in [4.78, 5) is 11.5. The second-order valence-electron chi connectivity index (χ2n) is 5.16. The van der Waals surface area contributed by atoms with Crippen molar-refractivity contribution in [3.63, 3.8) is 0 Å². The van der Waals surface area contributed by atoms with Crippen LogP contribution in [0.3, 0.4) is 0 Å². The van der Waals surface area contributed by atoms with Crippen LogP contribution in [0, 0.1) is 6.92 Å². The Morgan fingerprint density at radius 2 is 1.60 bits per heavy atom. The third kappa shape index (κ3) is 4.96. The molecule has 9 heteroatoms. The smallest absolute Gasteiger partial charge is 0.429 e. The van der Waals surface area contributed by atoms with E-state index >= 15 is 0 Å². The normalized spacial score (nSPS) is 13.1. The van der Waals surface area contributed by atoms with E-state index in [9.17, 15) is 26.4 Å². The first-order valence-corrected chi connectivity index (χ1v) is 8.50. The van der Waals surface area contributed by atoms with Gasteiger partial charge in [0.1, 0.15) is 0 Å². The maximum atomic E-state index is 13.1. The van der Waals surface area contributed by atoms with Gasteiger partial charge in [-0.3, -0.25) is 0 Å². The molecule has 1 amide bonds. The Balaban J connectivity index is 2.18. The summed E-state index contributed by atoms with van der Waals surface area (Å²) in [5.74, 6) is 0. The average Bonchev–Trinajstić information content (AvgIpc) is 2.52. The molecule has 0 aliphatic rings. The fourth-order valence-electron chi connectivity index (χ4n) is 1.97. The quantitative estimate of drug-likeness (QED) is 0.887. The van der Waals surface area contributed by atoms with Crippen molar-refractivity contribution in [3.05, 3.63) is 65.7 Å². The number of carbonyl (C=O) groups is 1. The molecule has 1 unspecified atom stereocenters. The molecule has 0 aliphatic heterocycles. The molecular formula is C16H14F3NO4S. The number of ether oxygens (including phenoxy) is 1. The van der Waals surface area contributed by atoms with Crippen molar-refractivity contribution >= 4 is 16.1 Å². The van der Waals surface area contributed by atoms with Crippen LogP contribution in [0.15, 0.2) is 59.5 Å². The summed E-state index contributed by atoms with van der Waals surface area (Å²) in [6.07, 6.45) is -9.19. The fourth-order valence-corrected chi connectivity index (χ4v) is 2.85. The molecule has 0 aromatic heterocycles. The highest BCUT2D eigenvalue weighted by molar-refractivity contribution is 7.90. The van der Waals surface area contributed by atoms with Gasteiger partial charge in [-0.15, -0.1) is 0 Å². The van der Waals surface area contributed by atoms with Crippen LogP contribution in [-0.2, 0) is 14.8 Å². The van der Waals surface area contributed by atoms with E-state index in [1.165, 1.54) is 47.2 Å². The average molecular weight is 373 g/mol. The summed E-state index contributed by atoms with van der Waals surface area (Å²) < 4.78 is 69.2. The zero-order valence-corrected chi connectivity index (χ0v) is 13.8. The number of hydrogen-bond acceptors (Lipinski definition) is 4.